The largest absolute Gasteiger partial charge is 0.478 e. The predicted molar refractivity (Wildman–Crippen MR) is 124 cm³/mol. The number of carbonyl (C=O) groups is 2. The quantitative estimate of drug-likeness (QED) is 0.395. The van der Waals surface area contributed by atoms with Crippen LogP contribution in [-0.2, 0) is 6.42 Å². The zero-order valence-electron chi connectivity index (χ0n) is 17.1. The summed E-state index contributed by atoms with van der Waals surface area (Å²) < 4.78 is 6.03. The predicted octanol–water partition coefficient (Wildman–Crippen LogP) is 5.71. The van der Waals surface area contributed by atoms with Crippen LogP contribution < -0.4 is 10.5 Å². The number of fused-ring (bicyclic) bond motifs is 1. The summed E-state index contributed by atoms with van der Waals surface area (Å²) in [5.41, 5.74) is 8.43. The van der Waals surface area contributed by atoms with Crippen molar-refractivity contribution in [3.8, 4) is 22.6 Å². The van der Waals surface area contributed by atoms with E-state index in [1.165, 1.54) is 0 Å². The topological polar surface area (TPSA) is 103 Å². The van der Waals surface area contributed by atoms with Crippen LogP contribution >= 0.6 is 11.6 Å². The Kier molecular flexibility index (Phi) is 5.79. The first-order chi connectivity index (χ1) is 15.4. The third-order valence-electron chi connectivity index (χ3n) is 5.10. The molecule has 0 radical (unpaired) electrons. The SMILES string of the molecule is CCc1nc2cc(Cl)ccc2c(C(=O)O)c1Oc1ccc(-c2ccccc2C(N)=O)cc1. The molecule has 0 aliphatic carbocycles. The van der Waals surface area contributed by atoms with Crippen LogP contribution in [0.1, 0.15) is 33.3 Å². The van der Waals surface area contributed by atoms with Crippen LogP contribution in [0.4, 0.5) is 0 Å². The van der Waals surface area contributed by atoms with Gasteiger partial charge < -0.3 is 15.6 Å². The summed E-state index contributed by atoms with van der Waals surface area (Å²) in [6.07, 6.45) is 0.474. The van der Waals surface area contributed by atoms with E-state index >= 15 is 0 Å². The first-order valence-electron chi connectivity index (χ1n) is 9.91. The number of ether oxygens (including phenoxy) is 1. The van der Waals surface area contributed by atoms with Crippen molar-refractivity contribution in [2.75, 3.05) is 0 Å². The number of carbonyl (C=O) groups excluding carboxylic acids is 1. The van der Waals surface area contributed by atoms with Gasteiger partial charge in [-0.1, -0.05) is 54.9 Å². The lowest BCUT2D eigenvalue weighted by atomic mass is 9.99. The molecule has 32 heavy (non-hydrogen) atoms. The molecule has 1 aromatic heterocycles. The smallest absolute Gasteiger partial charge is 0.340 e. The Balaban J connectivity index is 1.77. The molecule has 1 heterocycles. The fourth-order valence-corrected chi connectivity index (χ4v) is 3.77. The molecule has 0 bridgehead atoms. The summed E-state index contributed by atoms with van der Waals surface area (Å²) in [7, 11) is 0. The lowest BCUT2D eigenvalue weighted by molar-refractivity contribution is 0.0696. The maximum Gasteiger partial charge on any atom is 0.340 e. The summed E-state index contributed by atoms with van der Waals surface area (Å²) in [5.74, 6) is -0.990. The van der Waals surface area contributed by atoms with Crippen molar-refractivity contribution in [3.05, 3.63) is 88.6 Å². The Morgan fingerprint density at radius 3 is 2.44 bits per heavy atom. The van der Waals surface area contributed by atoms with Gasteiger partial charge >= 0.3 is 5.97 Å². The third-order valence-corrected chi connectivity index (χ3v) is 5.34. The van der Waals surface area contributed by atoms with Gasteiger partial charge in [0.05, 0.1) is 11.2 Å². The van der Waals surface area contributed by atoms with Gasteiger partial charge in [0.1, 0.15) is 11.3 Å². The molecule has 0 atom stereocenters. The van der Waals surface area contributed by atoms with Gasteiger partial charge in [0.15, 0.2) is 5.75 Å². The molecular weight excluding hydrogens is 428 g/mol. The average molecular weight is 447 g/mol. The Labute approximate surface area is 189 Å². The number of carboxylic acid groups (broad SMARTS) is 1. The van der Waals surface area contributed by atoms with Gasteiger partial charge in [-0.3, -0.25) is 4.79 Å². The van der Waals surface area contributed by atoms with Gasteiger partial charge in [-0.25, -0.2) is 9.78 Å². The van der Waals surface area contributed by atoms with Crippen molar-refractivity contribution in [1.29, 1.82) is 0 Å². The van der Waals surface area contributed by atoms with E-state index in [2.05, 4.69) is 4.98 Å². The number of hydrogen-bond donors (Lipinski definition) is 2. The van der Waals surface area contributed by atoms with Gasteiger partial charge in [0.25, 0.3) is 0 Å². The number of amides is 1. The number of nitrogens with zero attached hydrogens (tertiary/aromatic N) is 1. The van der Waals surface area contributed by atoms with Crippen LogP contribution in [0.3, 0.4) is 0 Å². The highest BCUT2D eigenvalue weighted by molar-refractivity contribution is 6.31. The highest BCUT2D eigenvalue weighted by Gasteiger charge is 2.22. The average Bonchev–Trinajstić information content (AvgIpc) is 2.78. The minimum Gasteiger partial charge on any atom is -0.478 e. The maximum atomic E-state index is 12.1. The minimum absolute atomic E-state index is 0.0340. The second-order valence-corrected chi connectivity index (χ2v) is 7.56. The van der Waals surface area contributed by atoms with Crippen LogP contribution in [0.15, 0.2) is 66.7 Å². The van der Waals surface area contributed by atoms with Crippen LogP contribution in [0.25, 0.3) is 22.0 Å². The normalized spacial score (nSPS) is 10.8. The minimum atomic E-state index is -1.11. The molecular formula is C25H19ClN2O4. The molecule has 4 aromatic rings. The van der Waals surface area contributed by atoms with Crippen molar-refractivity contribution < 1.29 is 19.4 Å². The summed E-state index contributed by atoms with van der Waals surface area (Å²) in [6.45, 7) is 1.88. The van der Waals surface area contributed by atoms with E-state index in [1.807, 2.05) is 19.1 Å². The van der Waals surface area contributed by atoms with Crippen LogP contribution in [0, 0.1) is 0 Å². The third kappa shape index (κ3) is 4.00. The number of aryl methyl sites for hydroxylation is 1. The molecule has 4 rings (SSSR count). The lowest BCUT2D eigenvalue weighted by Gasteiger charge is -2.15. The van der Waals surface area contributed by atoms with Crippen LogP contribution in [-0.4, -0.2) is 22.0 Å². The number of primary amides is 1. The second-order valence-electron chi connectivity index (χ2n) is 7.12. The summed E-state index contributed by atoms with van der Waals surface area (Å²) in [5, 5.41) is 10.8. The van der Waals surface area contributed by atoms with Crippen LogP contribution in [0.5, 0.6) is 11.5 Å². The van der Waals surface area contributed by atoms with E-state index in [1.54, 1.807) is 54.6 Å². The van der Waals surface area contributed by atoms with E-state index in [9.17, 15) is 14.7 Å². The van der Waals surface area contributed by atoms with E-state index < -0.39 is 11.9 Å². The van der Waals surface area contributed by atoms with E-state index in [4.69, 9.17) is 22.1 Å². The molecule has 0 aliphatic rings. The van der Waals surface area contributed by atoms with Gasteiger partial charge in [0.2, 0.25) is 5.91 Å². The summed E-state index contributed by atoms with van der Waals surface area (Å²) in [6, 6.07) is 18.9. The molecule has 160 valence electrons. The number of carboxylic acids is 1. The standard InChI is InChI=1S/C25H19ClN2O4/c1-2-20-23(22(25(30)31)19-12-9-15(26)13-21(19)28-20)32-16-10-7-14(8-11-16)17-5-3-4-6-18(17)24(27)29/h3-13H,2H2,1H3,(H2,27,29)(H,30,31). The lowest BCUT2D eigenvalue weighted by Crippen LogP contribution is -2.12. The van der Waals surface area contributed by atoms with Crippen molar-refractivity contribution in [1.82, 2.24) is 4.98 Å². The number of halogens is 1. The van der Waals surface area contributed by atoms with Crippen molar-refractivity contribution in [2.24, 2.45) is 5.73 Å². The van der Waals surface area contributed by atoms with E-state index in [0.29, 0.717) is 44.9 Å². The molecule has 6 nitrogen and oxygen atoms in total. The molecule has 1 amide bonds. The monoisotopic (exact) mass is 446 g/mol. The molecule has 7 heteroatoms. The van der Waals surface area contributed by atoms with E-state index in [0.717, 1.165) is 5.56 Å². The highest BCUT2D eigenvalue weighted by atomic mass is 35.5. The van der Waals surface area contributed by atoms with Crippen LogP contribution in [0.2, 0.25) is 5.02 Å². The number of benzene rings is 3. The Bertz CT molecular complexity index is 1350. The van der Waals surface area contributed by atoms with Gasteiger partial charge in [-0.15, -0.1) is 0 Å². The molecule has 0 saturated heterocycles. The highest BCUT2D eigenvalue weighted by Crippen LogP contribution is 2.36. The van der Waals surface area contributed by atoms with E-state index in [-0.39, 0.29) is 11.3 Å². The number of pyridine rings is 1. The first kappa shape index (κ1) is 21.3. The molecule has 3 N–H and O–H groups in total. The van der Waals surface area contributed by atoms with Crippen molar-refractivity contribution >= 4 is 34.4 Å². The maximum absolute atomic E-state index is 12.1. The first-order valence-corrected chi connectivity index (χ1v) is 10.3. The molecule has 0 unspecified atom stereocenters. The number of nitrogens with two attached hydrogens (primary N) is 1. The Morgan fingerprint density at radius 2 is 1.78 bits per heavy atom. The number of aromatic nitrogens is 1. The zero-order chi connectivity index (χ0) is 22.8. The van der Waals surface area contributed by atoms with Gasteiger partial charge in [-0.2, -0.15) is 0 Å². The fourth-order valence-electron chi connectivity index (χ4n) is 3.60. The molecule has 0 aliphatic heterocycles. The molecule has 0 spiro atoms. The Hall–Kier alpha value is -3.90. The number of aromatic carboxylic acids is 1. The van der Waals surface area contributed by atoms with Crippen molar-refractivity contribution in [3.63, 3.8) is 0 Å². The molecule has 0 fully saturated rings. The number of rotatable bonds is 6. The van der Waals surface area contributed by atoms with Gasteiger partial charge in [0, 0.05) is 16.0 Å². The Morgan fingerprint density at radius 1 is 1.06 bits per heavy atom. The fraction of sp³-hybridized carbons (Fsp3) is 0.0800. The summed E-state index contributed by atoms with van der Waals surface area (Å²) in [4.78, 5) is 28.4. The molecule has 3 aromatic carbocycles. The zero-order valence-corrected chi connectivity index (χ0v) is 17.9. The van der Waals surface area contributed by atoms with Crippen molar-refractivity contribution in [2.45, 2.75) is 13.3 Å². The molecule has 0 saturated carbocycles. The second kappa shape index (κ2) is 8.69. The van der Waals surface area contributed by atoms with Gasteiger partial charge in [-0.05, 0) is 47.9 Å². The summed E-state index contributed by atoms with van der Waals surface area (Å²) >= 11 is 6.06. The number of hydrogen-bond acceptors (Lipinski definition) is 4.